The van der Waals surface area contributed by atoms with Gasteiger partial charge in [0.05, 0.1) is 17.4 Å². The van der Waals surface area contributed by atoms with Gasteiger partial charge in [0.25, 0.3) is 5.91 Å². The quantitative estimate of drug-likeness (QED) is 0.618. The van der Waals surface area contributed by atoms with Crippen LogP contribution in [-0.2, 0) is 6.42 Å². The lowest BCUT2D eigenvalue weighted by Gasteiger charge is -2.14. The van der Waals surface area contributed by atoms with Gasteiger partial charge in [-0.3, -0.25) is 4.79 Å². The lowest BCUT2D eigenvalue weighted by Crippen LogP contribution is -2.15. The predicted octanol–water partition coefficient (Wildman–Crippen LogP) is 4.82. The van der Waals surface area contributed by atoms with Gasteiger partial charge in [0.2, 0.25) is 5.95 Å². The molecule has 0 aliphatic heterocycles. The van der Waals surface area contributed by atoms with Crippen LogP contribution in [-0.4, -0.2) is 22.0 Å². The van der Waals surface area contributed by atoms with E-state index in [-0.39, 0.29) is 12.0 Å². The SMILES string of the molecule is CCc1ccccc1Nc1ncc(C(=O)Nc2ccccc2OC(C)C)cn1. The number of anilines is 3. The molecule has 144 valence electrons. The summed E-state index contributed by atoms with van der Waals surface area (Å²) in [5, 5.41) is 6.05. The van der Waals surface area contributed by atoms with Crippen molar-refractivity contribution in [3.05, 3.63) is 72.1 Å². The van der Waals surface area contributed by atoms with E-state index in [9.17, 15) is 4.79 Å². The number of rotatable bonds is 7. The molecular formula is C22H24N4O2. The van der Waals surface area contributed by atoms with Crippen LogP contribution in [0.25, 0.3) is 0 Å². The zero-order chi connectivity index (χ0) is 19.9. The van der Waals surface area contributed by atoms with Gasteiger partial charge in [-0.15, -0.1) is 0 Å². The summed E-state index contributed by atoms with van der Waals surface area (Å²) in [6, 6.07) is 15.3. The molecule has 0 saturated heterocycles. The predicted molar refractivity (Wildman–Crippen MR) is 111 cm³/mol. The Morgan fingerprint density at radius 1 is 1.00 bits per heavy atom. The van der Waals surface area contributed by atoms with E-state index in [2.05, 4.69) is 33.6 Å². The normalized spacial score (nSPS) is 10.6. The highest BCUT2D eigenvalue weighted by atomic mass is 16.5. The number of carbonyl (C=O) groups is 1. The van der Waals surface area contributed by atoms with E-state index in [0.29, 0.717) is 22.9 Å². The number of benzene rings is 2. The maximum absolute atomic E-state index is 12.6. The van der Waals surface area contributed by atoms with Gasteiger partial charge in [0, 0.05) is 18.1 Å². The van der Waals surface area contributed by atoms with Crippen LogP contribution >= 0.6 is 0 Å². The highest BCUT2D eigenvalue weighted by Crippen LogP contribution is 2.25. The summed E-state index contributed by atoms with van der Waals surface area (Å²) in [7, 11) is 0. The molecule has 0 spiro atoms. The Labute approximate surface area is 165 Å². The average Bonchev–Trinajstić information content (AvgIpc) is 2.70. The number of hydrogen-bond donors (Lipinski definition) is 2. The molecule has 0 radical (unpaired) electrons. The molecule has 0 saturated carbocycles. The number of para-hydroxylation sites is 3. The van der Waals surface area contributed by atoms with Crippen molar-refractivity contribution in [3.63, 3.8) is 0 Å². The molecule has 1 amide bonds. The topological polar surface area (TPSA) is 76.1 Å². The Bertz CT molecular complexity index is 939. The number of nitrogens with one attached hydrogen (secondary N) is 2. The van der Waals surface area contributed by atoms with Crippen LogP contribution in [0.5, 0.6) is 5.75 Å². The van der Waals surface area contributed by atoms with Crippen LogP contribution in [0.3, 0.4) is 0 Å². The molecule has 0 aliphatic rings. The first-order chi connectivity index (χ1) is 13.6. The molecule has 0 bridgehead atoms. The standard InChI is InChI=1S/C22H24N4O2/c1-4-16-9-5-6-10-18(16)26-22-23-13-17(14-24-22)21(27)25-19-11-7-8-12-20(19)28-15(2)3/h5-15H,4H2,1-3H3,(H,25,27)(H,23,24,26). The molecule has 28 heavy (non-hydrogen) atoms. The van der Waals surface area contributed by atoms with Crippen molar-refractivity contribution in [2.45, 2.75) is 33.3 Å². The van der Waals surface area contributed by atoms with Gasteiger partial charge in [-0.2, -0.15) is 0 Å². The monoisotopic (exact) mass is 376 g/mol. The van der Waals surface area contributed by atoms with Crippen molar-refractivity contribution >= 4 is 23.2 Å². The molecule has 3 aromatic rings. The molecule has 1 heterocycles. The molecule has 0 unspecified atom stereocenters. The Kier molecular flexibility index (Phi) is 6.22. The summed E-state index contributed by atoms with van der Waals surface area (Å²) < 4.78 is 5.73. The fourth-order valence-corrected chi connectivity index (χ4v) is 2.70. The summed E-state index contributed by atoms with van der Waals surface area (Å²) >= 11 is 0. The first-order valence-electron chi connectivity index (χ1n) is 9.30. The van der Waals surface area contributed by atoms with Crippen molar-refractivity contribution in [2.75, 3.05) is 10.6 Å². The number of aryl methyl sites for hydroxylation is 1. The lowest BCUT2D eigenvalue weighted by atomic mass is 10.1. The second-order valence-electron chi connectivity index (χ2n) is 6.55. The minimum absolute atomic E-state index is 0.0118. The molecule has 1 aromatic heterocycles. The zero-order valence-corrected chi connectivity index (χ0v) is 16.3. The van der Waals surface area contributed by atoms with Crippen molar-refractivity contribution in [1.29, 1.82) is 0 Å². The molecule has 6 nitrogen and oxygen atoms in total. The minimum Gasteiger partial charge on any atom is -0.489 e. The van der Waals surface area contributed by atoms with Gasteiger partial charge < -0.3 is 15.4 Å². The van der Waals surface area contributed by atoms with Gasteiger partial charge in [0.1, 0.15) is 5.75 Å². The van der Waals surface area contributed by atoms with E-state index < -0.39 is 0 Å². The minimum atomic E-state index is -0.291. The Morgan fingerprint density at radius 2 is 1.64 bits per heavy atom. The molecule has 6 heteroatoms. The fourth-order valence-electron chi connectivity index (χ4n) is 2.70. The van der Waals surface area contributed by atoms with E-state index in [1.807, 2.05) is 50.2 Å². The van der Waals surface area contributed by atoms with Crippen molar-refractivity contribution < 1.29 is 9.53 Å². The summed E-state index contributed by atoms with van der Waals surface area (Å²) in [5.74, 6) is 0.780. The molecule has 2 aromatic carbocycles. The number of amides is 1. The smallest absolute Gasteiger partial charge is 0.258 e. The fraction of sp³-hybridized carbons (Fsp3) is 0.227. The summed E-state index contributed by atoms with van der Waals surface area (Å²) in [5.41, 5.74) is 3.12. The van der Waals surface area contributed by atoms with Crippen molar-refractivity contribution in [1.82, 2.24) is 9.97 Å². The third-order valence-electron chi connectivity index (χ3n) is 4.06. The third-order valence-corrected chi connectivity index (χ3v) is 4.06. The largest absolute Gasteiger partial charge is 0.489 e. The van der Waals surface area contributed by atoms with Crippen LogP contribution in [0.1, 0.15) is 36.7 Å². The van der Waals surface area contributed by atoms with E-state index in [0.717, 1.165) is 12.1 Å². The molecule has 3 rings (SSSR count). The third kappa shape index (κ3) is 4.85. The van der Waals surface area contributed by atoms with E-state index in [1.165, 1.54) is 18.0 Å². The van der Waals surface area contributed by atoms with Gasteiger partial charge in [-0.05, 0) is 44.0 Å². The van der Waals surface area contributed by atoms with Gasteiger partial charge in [-0.25, -0.2) is 9.97 Å². The van der Waals surface area contributed by atoms with Crippen LogP contribution in [0.15, 0.2) is 60.9 Å². The lowest BCUT2D eigenvalue weighted by molar-refractivity contribution is 0.102. The summed E-state index contributed by atoms with van der Waals surface area (Å²) in [4.78, 5) is 21.1. The number of hydrogen-bond acceptors (Lipinski definition) is 5. The van der Waals surface area contributed by atoms with Crippen molar-refractivity contribution in [2.24, 2.45) is 0 Å². The maximum Gasteiger partial charge on any atom is 0.258 e. The van der Waals surface area contributed by atoms with E-state index >= 15 is 0 Å². The molecular weight excluding hydrogens is 352 g/mol. The van der Waals surface area contributed by atoms with Crippen molar-refractivity contribution in [3.8, 4) is 5.75 Å². The van der Waals surface area contributed by atoms with Crippen LogP contribution in [0.4, 0.5) is 17.3 Å². The second-order valence-corrected chi connectivity index (χ2v) is 6.55. The van der Waals surface area contributed by atoms with Crippen LogP contribution < -0.4 is 15.4 Å². The molecule has 2 N–H and O–H groups in total. The second kappa shape index (κ2) is 8.99. The Morgan fingerprint density at radius 3 is 2.32 bits per heavy atom. The van der Waals surface area contributed by atoms with Gasteiger partial charge >= 0.3 is 0 Å². The maximum atomic E-state index is 12.6. The zero-order valence-electron chi connectivity index (χ0n) is 16.3. The van der Waals surface area contributed by atoms with Crippen LogP contribution in [0.2, 0.25) is 0 Å². The Hall–Kier alpha value is -3.41. The van der Waals surface area contributed by atoms with Gasteiger partial charge in [0.15, 0.2) is 0 Å². The number of ether oxygens (including phenoxy) is 1. The number of aromatic nitrogens is 2. The van der Waals surface area contributed by atoms with Gasteiger partial charge in [-0.1, -0.05) is 37.3 Å². The first-order valence-corrected chi connectivity index (χ1v) is 9.30. The summed E-state index contributed by atoms with van der Waals surface area (Å²) in [6.45, 7) is 5.97. The van der Waals surface area contributed by atoms with E-state index in [1.54, 1.807) is 6.07 Å². The molecule has 0 fully saturated rings. The average molecular weight is 376 g/mol. The highest BCUT2D eigenvalue weighted by Gasteiger charge is 2.12. The number of nitrogens with zero attached hydrogens (tertiary/aromatic N) is 2. The first kappa shape index (κ1) is 19.4. The number of carbonyl (C=O) groups excluding carboxylic acids is 1. The van der Waals surface area contributed by atoms with Crippen LogP contribution in [0, 0.1) is 0 Å². The highest BCUT2D eigenvalue weighted by molar-refractivity contribution is 6.04. The molecule has 0 atom stereocenters. The summed E-state index contributed by atoms with van der Waals surface area (Å²) in [6.07, 6.45) is 3.93. The van der Waals surface area contributed by atoms with E-state index in [4.69, 9.17) is 4.74 Å². The Balaban J connectivity index is 1.71. The molecule has 0 aliphatic carbocycles.